The molecule has 0 radical (unpaired) electrons. The van der Waals surface area contributed by atoms with E-state index < -0.39 is 41.0 Å². The number of piperazine rings is 1. The van der Waals surface area contributed by atoms with Crippen LogP contribution in [0.3, 0.4) is 0 Å². The van der Waals surface area contributed by atoms with Crippen LogP contribution in [0.4, 0.5) is 26.3 Å². The number of aromatic nitrogens is 4. The summed E-state index contributed by atoms with van der Waals surface area (Å²) in [5.74, 6) is -0.884. The van der Waals surface area contributed by atoms with Crippen LogP contribution < -0.4 is 0 Å². The lowest BCUT2D eigenvalue weighted by Gasteiger charge is -2.41. The molecule has 0 bridgehead atoms. The molecule has 2 fully saturated rings. The standard InChI is InChI=1S/C30H31F6N7O2.2ClH/c31-29(32,33)21-11-19(12-22(14-21)30(34,35)36)28(44)43-6-5-42(16-23(43)13-20-15-37-25-4-2-1-3-24(20)25)18-27-26(38-40-39-27)17-41-7-9-45-10-8-41;;/h1-4,11-12,14-15,23,37H,5-10,13,16-18H2,(H,38,39,40);2*1H/t23-;;/m1../s1. The minimum atomic E-state index is -5.06. The average molecular weight is 709 g/mol. The summed E-state index contributed by atoms with van der Waals surface area (Å²) in [4.78, 5) is 22.7. The second-order valence-electron chi connectivity index (χ2n) is 11.4. The predicted octanol–water partition coefficient (Wildman–Crippen LogP) is 5.57. The van der Waals surface area contributed by atoms with E-state index in [2.05, 4.69) is 30.2 Å². The zero-order valence-corrected chi connectivity index (χ0v) is 26.5. The molecule has 6 rings (SSSR count). The molecule has 17 heteroatoms. The molecular formula is C30H33Cl2F6N7O2. The van der Waals surface area contributed by atoms with Crippen molar-refractivity contribution in [1.82, 2.24) is 35.1 Å². The van der Waals surface area contributed by atoms with Crippen molar-refractivity contribution in [3.05, 3.63) is 82.3 Å². The molecule has 2 aromatic carbocycles. The number of nitrogens with one attached hydrogen (secondary N) is 2. The van der Waals surface area contributed by atoms with Crippen molar-refractivity contribution < 1.29 is 35.9 Å². The normalized spacial score (nSPS) is 18.2. The highest BCUT2D eigenvalue weighted by Crippen LogP contribution is 2.37. The number of ether oxygens (including phenoxy) is 1. The molecule has 2 aliphatic heterocycles. The summed E-state index contributed by atoms with van der Waals surface area (Å²) in [5, 5.41) is 12.3. The molecule has 0 unspecified atom stereocenters. The van der Waals surface area contributed by atoms with Crippen LogP contribution in [0.5, 0.6) is 0 Å². The van der Waals surface area contributed by atoms with E-state index in [1.807, 2.05) is 30.5 Å². The number of hydrogen-bond donors (Lipinski definition) is 2. The number of rotatable bonds is 7. The minimum absolute atomic E-state index is 0. The second kappa shape index (κ2) is 14.8. The largest absolute Gasteiger partial charge is 0.416 e. The zero-order chi connectivity index (χ0) is 31.8. The highest BCUT2D eigenvalue weighted by atomic mass is 35.5. The van der Waals surface area contributed by atoms with Gasteiger partial charge < -0.3 is 14.6 Å². The van der Waals surface area contributed by atoms with Gasteiger partial charge in [-0.05, 0) is 36.2 Å². The van der Waals surface area contributed by atoms with E-state index in [1.54, 1.807) is 0 Å². The maximum atomic E-state index is 13.8. The molecule has 256 valence electrons. The van der Waals surface area contributed by atoms with Crippen molar-refractivity contribution in [1.29, 1.82) is 0 Å². The van der Waals surface area contributed by atoms with Crippen LogP contribution in [0.25, 0.3) is 10.9 Å². The number of para-hydroxylation sites is 1. The van der Waals surface area contributed by atoms with Crippen molar-refractivity contribution in [3.8, 4) is 0 Å². The average Bonchev–Trinajstić information content (AvgIpc) is 3.63. The van der Waals surface area contributed by atoms with Crippen LogP contribution in [0.15, 0.2) is 48.7 Å². The Kier molecular flexibility index (Phi) is 11.5. The van der Waals surface area contributed by atoms with Crippen molar-refractivity contribution in [2.75, 3.05) is 45.9 Å². The highest BCUT2D eigenvalue weighted by molar-refractivity contribution is 5.95. The quantitative estimate of drug-likeness (QED) is 0.244. The number of morpholine rings is 1. The van der Waals surface area contributed by atoms with Gasteiger partial charge in [0.05, 0.1) is 24.3 Å². The van der Waals surface area contributed by atoms with Crippen molar-refractivity contribution >= 4 is 41.6 Å². The molecule has 0 spiro atoms. The third kappa shape index (κ3) is 8.38. The van der Waals surface area contributed by atoms with Crippen LogP contribution in [0.1, 0.15) is 38.4 Å². The van der Waals surface area contributed by atoms with Gasteiger partial charge in [0.15, 0.2) is 0 Å². The SMILES string of the molecule is Cl.Cl.O=C(c1cc(C(F)(F)F)cc(C(F)(F)F)c1)N1CCN(Cc2n[nH]nc2CN2CCOCC2)C[C@H]1Cc1c[nH]c2ccccc12. The Morgan fingerprint density at radius 1 is 0.851 bits per heavy atom. The molecule has 9 nitrogen and oxygen atoms in total. The molecule has 1 amide bonds. The molecule has 2 aromatic heterocycles. The summed E-state index contributed by atoms with van der Waals surface area (Å²) < 4.78 is 87.1. The van der Waals surface area contributed by atoms with E-state index in [0.717, 1.165) is 40.9 Å². The summed E-state index contributed by atoms with van der Waals surface area (Å²) in [6.45, 7) is 4.56. The number of amides is 1. The van der Waals surface area contributed by atoms with Crippen molar-refractivity contribution in [3.63, 3.8) is 0 Å². The summed E-state index contributed by atoms with van der Waals surface area (Å²) in [5.41, 5.74) is -0.422. The van der Waals surface area contributed by atoms with E-state index in [-0.39, 0.29) is 37.4 Å². The molecule has 4 aromatic rings. The van der Waals surface area contributed by atoms with Crippen molar-refractivity contribution in [2.45, 2.75) is 37.9 Å². The number of carbonyl (C=O) groups is 1. The van der Waals surface area contributed by atoms with Gasteiger partial charge in [-0.25, -0.2) is 0 Å². The van der Waals surface area contributed by atoms with E-state index in [9.17, 15) is 31.1 Å². The molecule has 0 aliphatic carbocycles. The van der Waals surface area contributed by atoms with Gasteiger partial charge in [-0.3, -0.25) is 14.6 Å². The lowest BCUT2D eigenvalue weighted by atomic mass is 9.98. The van der Waals surface area contributed by atoms with Crippen LogP contribution in [-0.2, 0) is 36.6 Å². The molecular weight excluding hydrogens is 675 g/mol. The Bertz CT molecular complexity index is 1620. The first-order chi connectivity index (χ1) is 21.5. The maximum absolute atomic E-state index is 13.8. The number of carbonyl (C=O) groups excluding carboxylic acids is 1. The van der Waals surface area contributed by atoms with Gasteiger partial charge in [-0.15, -0.1) is 24.8 Å². The fourth-order valence-corrected chi connectivity index (χ4v) is 6.01. The molecule has 2 N–H and O–H groups in total. The molecule has 2 aliphatic rings. The van der Waals surface area contributed by atoms with Gasteiger partial charge in [0, 0.05) is 74.5 Å². The Morgan fingerprint density at radius 3 is 2.11 bits per heavy atom. The minimum Gasteiger partial charge on any atom is -0.379 e. The van der Waals surface area contributed by atoms with Crippen LogP contribution in [0, 0.1) is 0 Å². The smallest absolute Gasteiger partial charge is 0.379 e. The molecule has 47 heavy (non-hydrogen) atoms. The molecule has 0 saturated carbocycles. The third-order valence-electron chi connectivity index (χ3n) is 8.35. The number of halogens is 8. The second-order valence-corrected chi connectivity index (χ2v) is 11.4. The number of nitrogens with zero attached hydrogens (tertiary/aromatic N) is 5. The Labute approximate surface area is 278 Å². The predicted molar refractivity (Wildman–Crippen MR) is 166 cm³/mol. The summed E-state index contributed by atoms with van der Waals surface area (Å²) >= 11 is 0. The fraction of sp³-hybridized carbons (Fsp3) is 0.433. The van der Waals surface area contributed by atoms with Gasteiger partial charge in [0.25, 0.3) is 5.91 Å². The number of H-pyrrole nitrogens is 2. The van der Waals surface area contributed by atoms with Crippen molar-refractivity contribution in [2.24, 2.45) is 0 Å². The van der Waals surface area contributed by atoms with Crippen LogP contribution in [0.2, 0.25) is 0 Å². The third-order valence-corrected chi connectivity index (χ3v) is 8.35. The monoisotopic (exact) mass is 707 g/mol. The lowest BCUT2D eigenvalue weighted by molar-refractivity contribution is -0.143. The zero-order valence-electron chi connectivity index (χ0n) is 24.9. The van der Waals surface area contributed by atoms with E-state index in [1.165, 1.54) is 4.90 Å². The first-order valence-electron chi connectivity index (χ1n) is 14.5. The number of aromatic amines is 2. The van der Waals surface area contributed by atoms with E-state index in [0.29, 0.717) is 57.9 Å². The van der Waals surface area contributed by atoms with Gasteiger partial charge >= 0.3 is 12.4 Å². The number of benzene rings is 2. The number of hydrogen-bond acceptors (Lipinski definition) is 6. The van der Waals surface area contributed by atoms with Gasteiger partial charge in [-0.2, -0.15) is 41.8 Å². The van der Waals surface area contributed by atoms with Crippen LogP contribution in [-0.4, -0.2) is 93.0 Å². The Hall–Kier alpha value is -3.37. The fourth-order valence-electron chi connectivity index (χ4n) is 6.01. The maximum Gasteiger partial charge on any atom is 0.416 e. The van der Waals surface area contributed by atoms with Crippen LogP contribution >= 0.6 is 24.8 Å². The molecule has 2 saturated heterocycles. The molecule has 4 heterocycles. The van der Waals surface area contributed by atoms with Gasteiger partial charge in [-0.1, -0.05) is 18.2 Å². The molecule has 1 atom stereocenters. The van der Waals surface area contributed by atoms with E-state index >= 15 is 0 Å². The topological polar surface area (TPSA) is 93.4 Å². The summed E-state index contributed by atoms with van der Waals surface area (Å²) in [7, 11) is 0. The Morgan fingerprint density at radius 2 is 1.47 bits per heavy atom. The summed E-state index contributed by atoms with van der Waals surface area (Å²) in [6, 6.07) is 8.05. The number of alkyl halides is 6. The number of fused-ring (bicyclic) bond motifs is 1. The lowest BCUT2D eigenvalue weighted by Crippen LogP contribution is -2.55. The Balaban J connectivity index is 0.00000250. The first-order valence-corrected chi connectivity index (χ1v) is 14.5. The first kappa shape index (κ1) is 36.5. The van der Waals surface area contributed by atoms with Gasteiger partial charge in [0.2, 0.25) is 0 Å². The summed E-state index contributed by atoms with van der Waals surface area (Å²) in [6.07, 6.45) is -7.98. The highest BCUT2D eigenvalue weighted by Gasteiger charge is 2.39. The van der Waals surface area contributed by atoms with Gasteiger partial charge in [0.1, 0.15) is 11.4 Å². The van der Waals surface area contributed by atoms with E-state index in [4.69, 9.17) is 4.74 Å².